The van der Waals surface area contributed by atoms with Crippen LogP contribution in [0.25, 0.3) is 0 Å². The normalized spacial score (nSPS) is 12.7. The van der Waals surface area contributed by atoms with Gasteiger partial charge in [-0.25, -0.2) is 0 Å². The summed E-state index contributed by atoms with van der Waals surface area (Å²) in [5, 5.41) is 0. The molecule has 0 saturated carbocycles. The maximum Gasteiger partial charge on any atom is 0.0704 e. The van der Waals surface area contributed by atoms with Crippen LogP contribution in [0.1, 0.15) is 26.4 Å². The number of rotatable bonds is 3. The number of benzene rings is 1. The number of hydrogen-bond acceptors (Lipinski definition) is 1. The van der Waals surface area contributed by atoms with Crippen molar-refractivity contribution in [3.63, 3.8) is 0 Å². The number of halogens is 2. The van der Waals surface area contributed by atoms with E-state index in [-0.39, 0.29) is 0 Å². The van der Waals surface area contributed by atoms with Crippen molar-refractivity contribution in [2.75, 3.05) is 0 Å². The first-order chi connectivity index (χ1) is 8.08. The average Bonchev–Trinajstić information content (AvgIpc) is 2.61. The predicted molar refractivity (Wildman–Crippen MR) is 83.3 cm³/mol. The second-order valence-corrected chi connectivity index (χ2v) is 7.90. The van der Waals surface area contributed by atoms with Crippen molar-refractivity contribution in [3.05, 3.63) is 55.7 Å². The van der Waals surface area contributed by atoms with Crippen LogP contribution in [0.5, 0.6) is 0 Å². The first-order valence-electron chi connectivity index (χ1n) is 5.52. The third kappa shape index (κ3) is 3.21. The lowest BCUT2D eigenvalue weighted by Crippen LogP contribution is -1.97. The van der Waals surface area contributed by atoms with Crippen molar-refractivity contribution in [2.24, 2.45) is 0 Å². The molecule has 2 rings (SSSR count). The minimum Gasteiger partial charge on any atom is -0.133 e. The number of hydrogen-bond donors (Lipinski definition) is 0. The Labute approximate surface area is 123 Å². The van der Waals surface area contributed by atoms with Gasteiger partial charge < -0.3 is 0 Å². The SMILES string of the molecule is Cc1ccccc1CC(Br)c1cc(Br)sc1C. The minimum atomic E-state index is 0.395. The molecule has 1 atom stereocenters. The highest BCUT2D eigenvalue weighted by atomic mass is 79.9. The topological polar surface area (TPSA) is 0 Å². The van der Waals surface area contributed by atoms with Crippen molar-refractivity contribution in [1.29, 1.82) is 0 Å². The lowest BCUT2D eigenvalue weighted by atomic mass is 10.0. The van der Waals surface area contributed by atoms with Gasteiger partial charge in [-0.1, -0.05) is 40.2 Å². The molecular formula is C14H14Br2S. The smallest absolute Gasteiger partial charge is 0.0704 e. The molecule has 0 bridgehead atoms. The summed E-state index contributed by atoms with van der Waals surface area (Å²) < 4.78 is 1.21. The molecule has 0 spiro atoms. The number of alkyl halides is 1. The Morgan fingerprint density at radius 3 is 2.53 bits per heavy atom. The third-order valence-electron chi connectivity index (χ3n) is 2.92. The molecule has 2 aromatic rings. The Morgan fingerprint density at radius 1 is 1.24 bits per heavy atom. The summed E-state index contributed by atoms with van der Waals surface area (Å²) >= 11 is 9.15. The Kier molecular flexibility index (Phi) is 4.45. The van der Waals surface area contributed by atoms with Gasteiger partial charge in [-0.2, -0.15) is 0 Å². The van der Waals surface area contributed by atoms with Crippen molar-refractivity contribution in [1.82, 2.24) is 0 Å². The van der Waals surface area contributed by atoms with E-state index in [0.29, 0.717) is 4.83 Å². The summed E-state index contributed by atoms with van der Waals surface area (Å²) in [6.07, 6.45) is 1.04. The molecule has 0 saturated heterocycles. The van der Waals surface area contributed by atoms with Crippen molar-refractivity contribution in [3.8, 4) is 0 Å². The standard InChI is InChI=1S/C14H14Br2S/c1-9-5-3-4-6-11(9)7-13(15)12-8-14(16)17-10(12)2/h3-6,8,13H,7H2,1-2H3. The van der Waals surface area contributed by atoms with Gasteiger partial charge in [-0.3, -0.25) is 0 Å². The molecule has 1 heterocycles. The minimum absolute atomic E-state index is 0.395. The summed E-state index contributed by atoms with van der Waals surface area (Å²) in [5.41, 5.74) is 4.17. The Balaban J connectivity index is 2.20. The molecule has 0 aliphatic heterocycles. The van der Waals surface area contributed by atoms with E-state index < -0.39 is 0 Å². The second-order valence-electron chi connectivity index (χ2n) is 4.16. The molecule has 0 aliphatic carbocycles. The van der Waals surface area contributed by atoms with Gasteiger partial charge in [-0.15, -0.1) is 11.3 Å². The van der Waals surface area contributed by atoms with Crippen molar-refractivity contribution >= 4 is 43.2 Å². The van der Waals surface area contributed by atoms with Crippen LogP contribution in [0.15, 0.2) is 34.1 Å². The molecule has 0 aliphatic rings. The molecule has 0 fully saturated rings. The highest BCUT2D eigenvalue weighted by Crippen LogP contribution is 2.36. The van der Waals surface area contributed by atoms with Crippen LogP contribution in [-0.2, 0) is 6.42 Å². The average molecular weight is 374 g/mol. The molecule has 0 radical (unpaired) electrons. The maximum absolute atomic E-state index is 3.81. The Hall–Kier alpha value is -0.120. The fourth-order valence-corrected chi connectivity index (χ4v) is 4.66. The predicted octanol–water partition coefficient (Wildman–Crippen LogP) is 5.81. The van der Waals surface area contributed by atoms with Crippen LogP contribution < -0.4 is 0 Å². The van der Waals surface area contributed by atoms with Gasteiger partial charge in [0.25, 0.3) is 0 Å². The van der Waals surface area contributed by atoms with E-state index in [4.69, 9.17) is 0 Å². The van der Waals surface area contributed by atoms with Crippen LogP contribution in [0.3, 0.4) is 0 Å². The molecule has 17 heavy (non-hydrogen) atoms. The quantitative estimate of drug-likeness (QED) is 0.596. The van der Waals surface area contributed by atoms with Crippen LogP contribution in [-0.4, -0.2) is 0 Å². The first-order valence-corrected chi connectivity index (χ1v) is 8.05. The van der Waals surface area contributed by atoms with Gasteiger partial charge in [-0.05, 0) is 59.0 Å². The zero-order valence-electron chi connectivity index (χ0n) is 9.84. The van der Waals surface area contributed by atoms with Gasteiger partial charge in [0.1, 0.15) is 0 Å². The van der Waals surface area contributed by atoms with E-state index in [1.165, 1.54) is 25.4 Å². The number of thiophene rings is 1. The number of aryl methyl sites for hydroxylation is 2. The molecule has 1 aromatic carbocycles. The summed E-state index contributed by atoms with van der Waals surface area (Å²) in [6.45, 7) is 4.35. The zero-order valence-corrected chi connectivity index (χ0v) is 13.8. The van der Waals surface area contributed by atoms with Crippen LogP contribution >= 0.6 is 43.2 Å². The highest BCUT2D eigenvalue weighted by molar-refractivity contribution is 9.11. The van der Waals surface area contributed by atoms with E-state index in [2.05, 4.69) is 76.0 Å². The highest BCUT2D eigenvalue weighted by Gasteiger charge is 2.14. The zero-order chi connectivity index (χ0) is 12.4. The third-order valence-corrected chi connectivity index (χ3v) is 5.31. The monoisotopic (exact) mass is 372 g/mol. The van der Waals surface area contributed by atoms with E-state index in [0.717, 1.165) is 6.42 Å². The van der Waals surface area contributed by atoms with Gasteiger partial charge >= 0.3 is 0 Å². The van der Waals surface area contributed by atoms with Crippen LogP contribution in [0, 0.1) is 13.8 Å². The Bertz CT molecular complexity index is 517. The molecule has 1 unspecified atom stereocenters. The fraction of sp³-hybridized carbons (Fsp3) is 0.286. The van der Waals surface area contributed by atoms with E-state index in [9.17, 15) is 0 Å². The first kappa shape index (κ1) is 13.3. The molecule has 1 aromatic heterocycles. The summed E-state index contributed by atoms with van der Waals surface area (Å²) in [6, 6.07) is 10.8. The molecule has 90 valence electrons. The van der Waals surface area contributed by atoms with Gasteiger partial charge in [0, 0.05) is 9.70 Å². The lowest BCUT2D eigenvalue weighted by Gasteiger charge is -2.11. The van der Waals surface area contributed by atoms with E-state index in [1.54, 1.807) is 11.3 Å². The second kappa shape index (κ2) is 5.68. The van der Waals surface area contributed by atoms with Gasteiger partial charge in [0.15, 0.2) is 0 Å². The maximum atomic E-state index is 3.81. The molecule has 0 amide bonds. The molecule has 0 nitrogen and oxygen atoms in total. The largest absolute Gasteiger partial charge is 0.133 e. The van der Waals surface area contributed by atoms with E-state index in [1.807, 2.05) is 0 Å². The van der Waals surface area contributed by atoms with Crippen molar-refractivity contribution in [2.45, 2.75) is 25.1 Å². The summed E-state index contributed by atoms with van der Waals surface area (Å²) in [4.78, 5) is 1.78. The van der Waals surface area contributed by atoms with E-state index >= 15 is 0 Å². The van der Waals surface area contributed by atoms with Crippen LogP contribution in [0.2, 0.25) is 0 Å². The fourth-order valence-electron chi connectivity index (χ4n) is 1.91. The lowest BCUT2D eigenvalue weighted by molar-refractivity contribution is 0.936. The van der Waals surface area contributed by atoms with Crippen LogP contribution in [0.4, 0.5) is 0 Å². The Morgan fingerprint density at radius 2 is 1.94 bits per heavy atom. The summed E-state index contributed by atoms with van der Waals surface area (Å²) in [5.74, 6) is 0. The van der Waals surface area contributed by atoms with Gasteiger partial charge in [0.2, 0.25) is 0 Å². The van der Waals surface area contributed by atoms with Crippen molar-refractivity contribution < 1.29 is 0 Å². The summed E-state index contributed by atoms with van der Waals surface area (Å²) in [7, 11) is 0. The molecule has 3 heteroatoms. The molecular weight excluding hydrogens is 360 g/mol. The molecule has 0 N–H and O–H groups in total. The van der Waals surface area contributed by atoms with Gasteiger partial charge in [0.05, 0.1) is 3.79 Å².